The van der Waals surface area contributed by atoms with Crippen LogP contribution in [-0.2, 0) is 5.41 Å². The molecule has 0 spiro atoms. The molecule has 78 valence electrons. The lowest BCUT2D eigenvalue weighted by molar-refractivity contribution is 0.0637. The molecular weight excluding hydrogens is 252 g/mol. The third-order valence-corrected chi connectivity index (χ3v) is 2.94. The second-order valence-electron chi connectivity index (χ2n) is 3.43. The van der Waals surface area contributed by atoms with Crippen molar-refractivity contribution in [3.8, 4) is 0 Å². The molecule has 0 aliphatic carbocycles. The van der Waals surface area contributed by atoms with Crippen LogP contribution < -0.4 is 5.73 Å². The third kappa shape index (κ3) is 2.12. The molecular formula is C10H12BrF2N. The molecule has 0 aliphatic rings. The number of hydrogen-bond donors (Lipinski definition) is 1. The van der Waals surface area contributed by atoms with Crippen LogP contribution in [0.4, 0.5) is 8.78 Å². The molecule has 14 heavy (non-hydrogen) atoms. The molecule has 1 nitrogen and oxygen atoms in total. The minimum Gasteiger partial charge on any atom is -0.329 e. The van der Waals surface area contributed by atoms with Gasteiger partial charge in [0, 0.05) is 11.0 Å². The van der Waals surface area contributed by atoms with Gasteiger partial charge in [-0.1, -0.05) is 28.1 Å². The zero-order valence-corrected chi connectivity index (χ0v) is 9.39. The van der Waals surface area contributed by atoms with Crippen molar-refractivity contribution in [2.24, 2.45) is 5.73 Å². The summed E-state index contributed by atoms with van der Waals surface area (Å²) in [5, 5.41) is 0. The van der Waals surface area contributed by atoms with Gasteiger partial charge in [0.15, 0.2) is 0 Å². The van der Waals surface area contributed by atoms with Crippen LogP contribution in [0.2, 0.25) is 0 Å². The summed E-state index contributed by atoms with van der Waals surface area (Å²) in [6.45, 7) is 1.41. The zero-order chi connectivity index (χ0) is 10.8. The van der Waals surface area contributed by atoms with Crippen molar-refractivity contribution in [1.82, 2.24) is 0 Å². The van der Waals surface area contributed by atoms with E-state index in [-0.39, 0.29) is 6.54 Å². The fourth-order valence-electron chi connectivity index (χ4n) is 1.16. The highest BCUT2D eigenvalue weighted by atomic mass is 79.9. The summed E-state index contributed by atoms with van der Waals surface area (Å²) in [4.78, 5) is 0. The Bertz CT molecular complexity index is 299. The Morgan fingerprint density at radius 2 is 1.86 bits per heavy atom. The number of alkyl halides is 2. The van der Waals surface area contributed by atoms with E-state index >= 15 is 0 Å². The average molecular weight is 264 g/mol. The van der Waals surface area contributed by atoms with Gasteiger partial charge in [0.25, 0.3) is 0 Å². The van der Waals surface area contributed by atoms with Crippen LogP contribution in [0.5, 0.6) is 0 Å². The molecule has 0 heterocycles. The van der Waals surface area contributed by atoms with Crippen molar-refractivity contribution in [2.75, 3.05) is 6.54 Å². The molecule has 0 aromatic heterocycles. The van der Waals surface area contributed by atoms with Crippen LogP contribution in [0, 0.1) is 0 Å². The number of halogens is 3. The maximum atomic E-state index is 12.8. The summed E-state index contributed by atoms with van der Waals surface area (Å²) >= 11 is 3.25. The Kier molecular flexibility index (Phi) is 3.61. The highest BCUT2D eigenvalue weighted by Crippen LogP contribution is 2.30. The Hall–Kier alpha value is -0.480. The summed E-state index contributed by atoms with van der Waals surface area (Å²) in [5.74, 6) is 0. The van der Waals surface area contributed by atoms with Crippen molar-refractivity contribution >= 4 is 15.9 Å². The van der Waals surface area contributed by atoms with E-state index in [4.69, 9.17) is 5.73 Å². The molecule has 0 saturated heterocycles. The predicted molar refractivity (Wildman–Crippen MR) is 56.6 cm³/mol. The number of nitrogens with two attached hydrogens (primary N) is 1. The van der Waals surface area contributed by atoms with E-state index in [1.807, 2.05) is 0 Å². The fourth-order valence-corrected chi connectivity index (χ4v) is 1.43. The Labute approximate surface area is 90.4 Å². The summed E-state index contributed by atoms with van der Waals surface area (Å²) in [6, 6.07) is 6.82. The van der Waals surface area contributed by atoms with Crippen molar-refractivity contribution in [3.05, 3.63) is 34.3 Å². The first-order valence-corrected chi connectivity index (χ1v) is 5.04. The third-order valence-electron chi connectivity index (χ3n) is 2.41. The molecule has 1 aromatic carbocycles. The van der Waals surface area contributed by atoms with E-state index < -0.39 is 11.8 Å². The fraction of sp³-hybridized carbons (Fsp3) is 0.400. The van der Waals surface area contributed by atoms with Gasteiger partial charge in [-0.25, -0.2) is 8.78 Å². The molecule has 2 N–H and O–H groups in total. The van der Waals surface area contributed by atoms with Crippen LogP contribution in [0.1, 0.15) is 12.5 Å². The summed E-state index contributed by atoms with van der Waals surface area (Å²) in [6.07, 6.45) is -2.45. The second kappa shape index (κ2) is 4.36. The van der Waals surface area contributed by atoms with Crippen LogP contribution >= 0.6 is 15.9 Å². The Balaban J connectivity index is 3.06. The van der Waals surface area contributed by atoms with Gasteiger partial charge < -0.3 is 5.73 Å². The van der Waals surface area contributed by atoms with E-state index in [0.717, 1.165) is 4.47 Å². The quantitative estimate of drug-likeness (QED) is 0.892. The van der Waals surface area contributed by atoms with E-state index in [1.54, 1.807) is 24.3 Å². The van der Waals surface area contributed by atoms with Crippen LogP contribution in [0.15, 0.2) is 28.7 Å². The van der Waals surface area contributed by atoms with Gasteiger partial charge in [-0.05, 0) is 24.6 Å². The highest BCUT2D eigenvalue weighted by Gasteiger charge is 2.35. The Morgan fingerprint density at radius 1 is 1.36 bits per heavy atom. The lowest BCUT2D eigenvalue weighted by Gasteiger charge is -2.27. The van der Waals surface area contributed by atoms with Crippen molar-refractivity contribution in [1.29, 1.82) is 0 Å². The van der Waals surface area contributed by atoms with Gasteiger partial charge in [-0.3, -0.25) is 0 Å². The smallest absolute Gasteiger partial charge is 0.249 e. The number of benzene rings is 1. The monoisotopic (exact) mass is 263 g/mol. The maximum absolute atomic E-state index is 12.8. The van der Waals surface area contributed by atoms with Gasteiger partial charge in [0.2, 0.25) is 6.43 Å². The normalized spacial score (nSPS) is 15.6. The van der Waals surface area contributed by atoms with Gasteiger partial charge in [-0.2, -0.15) is 0 Å². The van der Waals surface area contributed by atoms with E-state index in [9.17, 15) is 8.78 Å². The molecule has 0 radical (unpaired) electrons. The molecule has 0 bridgehead atoms. The van der Waals surface area contributed by atoms with E-state index in [0.29, 0.717) is 5.56 Å². The molecule has 0 amide bonds. The highest BCUT2D eigenvalue weighted by molar-refractivity contribution is 9.10. The van der Waals surface area contributed by atoms with Crippen molar-refractivity contribution < 1.29 is 8.78 Å². The Morgan fingerprint density at radius 3 is 2.21 bits per heavy atom. The maximum Gasteiger partial charge on any atom is 0.249 e. The molecule has 4 heteroatoms. The van der Waals surface area contributed by atoms with E-state index in [2.05, 4.69) is 15.9 Å². The van der Waals surface area contributed by atoms with Gasteiger partial charge in [0.05, 0.1) is 5.41 Å². The summed E-state index contributed by atoms with van der Waals surface area (Å²) in [5.41, 5.74) is 4.70. The minimum absolute atomic E-state index is 0.0632. The molecule has 1 unspecified atom stereocenters. The lowest BCUT2D eigenvalue weighted by Crippen LogP contribution is -2.38. The average Bonchev–Trinajstić information content (AvgIpc) is 2.17. The first-order chi connectivity index (χ1) is 6.50. The van der Waals surface area contributed by atoms with Crippen LogP contribution in [0.3, 0.4) is 0 Å². The largest absolute Gasteiger partial charge is 0.329 e. The first-order valence-electron chi connectivity index (χ1n) is 4.25. The van der Waals surface area contributed by atoms with Crippen molar-refractivity contribution in [2.45, 2.75) is 18.8 Å². The topological polar surface area (TPSA) is 26.0 Å². The summed E-state index contributed by atoms with van der Waals surface area (Å²) in [7, 11) is 0. The zero-order valence-electron chi connectivity index (χ0n) is 7.81. The van der Waals surface area contributed by atoms with Gasteiger partial charge in [-0.15, -0.1) is 0 Å². The summed E-state index contributed by atoms with van der Waals surface area (Å²) < 4.78 is 26.4. The molecule has 1 aromatic rings. The van der Waals surface area contributed by atoms with Crippen LogP contribution in [-0.4, -0.2) is 13.0 Å². The molecule has 1 atom stereocenters. The first kappa shape index (κ1) is 11.6. The number of rotatable bonds is 3. The molecule has 1 rings (SSSR count). The number of hydrogen-bond acceptors (Lipinski definition) is 1. The minimum atomic E-state index is -2.45. The lowest BCUT2D eigenvalue weighted by atomic mass is 9.83. The van der Waals surface area contributed by atoms with E-state index in [1.165, 1.54) is 6.92 Å². The second-order valence-corrected chi connectivity index (χ2v) is 4.34. The standard InChI is InChI=1S/C10H12BrF2N/c1-10(6-14,9(12)13)7-2-4-8(11)5-3-7/h2-5,9H,6,14H2,1H3. The van der Waals surface area contributed by atoms with Gasteiger partial charge >= 0.3 is 0 Å². The molecule has 0 saturated carbocycles. The predicted octanol–water partition coefficient (Wildman–Crippen LogP) is 2.93. The molecule has 0 fully saturated rings. The van der Waals surface area contributed by atoms with Crippen molar-refractivity contribution in [3.63, 3.8) is 0 Å². The SMILES string of the molecule is CC(CN)(c1ccc(Br)cc1)C(F)F. The van der Waals surface area contributed by atoms with Gasteiger partial charge in [0.1, 0.15) is 0 Å². The van der Waals surface area contributed by atoms with Crippen LogP contribution in [0.25, 0.3) is 0 Å². The molecule has 0 aliphatic heterocycles.